The summed E-state index contributed by atoms with van der Waals surface area (Å²) < 4.78 is 10.7. The second-order valence-electron chi connectivity index (χ2n) is 6.43. The molecule has 0 aliphatic rings. The summed E-state index contributed by atoms with van der Waals surface area (Å²) in [5, 5.41) is 7.50. The molecule has 3 N–H and O–H groups in total. The molecule has 0 radical (unpaired) electrons. The summed E-state index contributed by atoms with van der Waals surface area (Å²) in [5.74, 6) is 0.0794. The Labute approximate surface area is 173 Å². The van der Waals surface area contributed by atoms with E-state index in [1.54, 1.807) is 30.3 Å². The average Bonchev–Trinajstić information content (AvgIpc) is 3.27. The van der Waals surface area contributed by atoms with Crippen molar-refractivity contribution in [1.82, 2.24) is 10.6 Å². The predicted molar refractivity (Wildman–Crippen MR) is 110 cm³/mol. The van der Waals surface area contributed by atoms with Crippen molar-refractivity contribution in [2.75, 3.05) is 18.4 Å². The van der Waals surface area contributed by atoms with Gasteiger partial charge in [0, 0.05) is 5.69 Å². The highest BCUT2D eigenvalue weighted by Gasteiger charge is 2.11. The number of rotatable bonds is 8. The average molecular weight is 407 g/mol. The van der Waals surface area contributed by atoms with E-state index in [4.69, 9.17) is 9.15 Å². The number of ether oxygens (including phenoxy) is 1. The molecule has 2 aromatic carbocycles. The van der Waals surface area contributed by atoms with E-state index in [2.05, 4.69) is 16.0 Å². The molecule has 3 rings (SSSR count). The van der Waals surface area contributed by atoms with Gasteiger partial charge in [-0.3, -0.25) is 14.4 Å². The summed E-state index contributed by atoms with van der Waals surface area (Å²) in [6.07, 6.45) is 1.36. The van der Waals surface area contributed by atoms with Gasteiger partial charge in [-0.15, -0.1) is 0 Å². The Morgan fingerprint density at radius 3 is 2.33 bits per heavy atom. The highest BCUT2D eigenvalue weighted by Crippen LogP contribution is 2.23. The van der Waals surface area contributed by atoms with Gasteiger partial charge in [0.05, 0.1) is 19.4 Å². The maximum absolute atomic E-state index is 12.0. The van der Waals surface area contributed by atoms with Gasteiger partial charge in [0.1, 0.15) is 11.5 Å². The van der Waals surface area contributed by atoms with Crippen LogP contribution in [0, 0.1) is 6.92 Å². The largest absolute Gasteiger partial charge is 0.459 e. The number of hydrogen-bond acceptors (Lipinski definition) is 5. The Hall–Kier alpha value is -4.07. The molecule has 8 nitrogen and oxygen atoms in total. The van der Waals surface area contributed by atoms with Crippen molar-refractivity contribution in [2.45, 2.75) is 6.92 Å². The molecular formula is C22H21N3O5. The van der Waals surface area contributed by atoms with Crippen LogP contribution >= 0.6 is 0 Å². The van der Waals surface area contributed by atoms with Crippen molar-refractivity contribution in [2.24, 2.45) is 0 Å². The summed E-state index contributed by atoms with van der Waals surface area (Å²) >= 11 is 0. The first-order valence-electron chi connectivity index (χ1n) is 9.22. The molecular weight excluding hydrogens is 386 g/mol. The maximum atomic E-state index is 12.0. The zero-order valence-corrected chi connectivity index (χ0v) is 16.3. The van der Waals surface area contributed by atoms with Gasteiger partial charge >= 0.3 is 0 Å². The van der Waals surface area contributed by atoms with Crippen molar-refractivity contribution in [3.05, 3.63) is 78.3 Å². The van der Waals surface area contributed by atoms with Crippen molar-refractivity contribution >= 4 is 23.4 Å². The van der Waals surface area contributed by atoms with E-state index >= 15 is 0 Å². The molecule has 3 amide bonds. The number of carbonyl (C=O) groups excluding carboxylic acids is 3. The van der Waals surface area contributed by atoms with Gasteiger partial charge < -0.3 is 25.1 Å². The van der Waals surface area contributed by atoms with Gasteiger partial charge in [-0.25, -0.2) is 0 Å². The van der Waals surface area contributed by atoms with E-state index in [0.717, 1.165) is 11.3 Å². The van der Waals surface area contributed by atoms with Crippen LogP contribution in [-0.4, -0.2) is 30.8 Å². The van der Waals surface area contributed by atoms with E-state index in [0.29, 0.717) is 11.4 Å². The lowest BCUT2D eigenvalue weighted by Crippen LogP contribution is -2.40. The zero-order valence-electron chi connectivity index (χ0n) is 16.3. The smallest absolute Gasteiger partial charge is 0.287 e. The van der Waals surface area contributed by atoms with Crippen LogP contribution in [0.15, 0.2) is 71.3 Å². The fourth-order valence-electron chi connectivity index (χ4n) is 2.52. The second-order valence-corrected chi connectivity index (χ2v) is 6.43. The number of nitrogens with one attached hydrogen (secondary N) is 3. The summed E-state index contributed by atoms with van der Waals surface area (Å²) in [6, 6.07) is 17.6. The molecule has 0 aliphatic carbocycles. The Balaban J connectivity index is 1.40. The number of hydrogen-bond donors (Lipinski definition) is 3. The molecule has 0 atom stereocenters. The molecule has 0 saturated heterocycles. The third kappa shape index (κ3) is 6.23. The van der Waals surface area contributed by atoms with Gasteiger partial charge in [0.25, 0.3) is 5.91 Å². The second kappa shape index (κ2) is 9.92. The Bertz CT molecular complexity index is 1010. The Kier molecular flexibility index (Phi) is 6.83. The van der Waals surface area contributed by atoms with Crippen LogP contribution in [0.5, 0.6) is 11.5 Å². The minimum absolute atomic E-state index is 0.107. The van der Waals surface area contributed by atoms with Gasteiger partial charge in [-0.1, -0.05) is 12.1 Å². The lowest BCUT2D eigenvalue weighted by atomic mass is 10.2. The number of aryl methyl sites for hydroxylation is 1. The summed E-state index contributed by atoms with van der Waals surface area (Å²) in [7, 11) is 0. The summed E-state index contributed by atoms with van der Waals surface area (Å²) in [6.45, 7) is 1.49. The Morgan fingerprint density at radius 1 is 0.867 bits per heavy atom. The van der Waals surface area contributed by atoms with Crippen LogP contribution < -0.4 is 20.7 Å². The van der Waals surface area contributed by atoms with E-state index < -0.39 is 17.7 Å². The van der Waals surface area contributed by atoms with E-state index in [-0.39, 0.29) is 18.8 Å². The highest BCUT2D eigenvalue weighted by atomic mass is 16.5. The topological polar surface area (TPSA) is 110 Å². The first kappa shape index (κ1) is 20.7. The molecule has 0 unspecified atom stereocenters. The molecule has 0 fully saturated rings. The van der Waals surface area contributed by atoms with Crippen LogP contribution in [0.4, 0.5) is 5.69 Å². The number of anilines is 1. The lowest BCUT2D eigenvalue weighted by Gasteiger charge is -2.09. The minimum Gasteiger partial charge on any atom is -0.459 e. The fraction of sp³-hybridized carbons (Fsp3) is 0.136. The maximum Gasteiger partial charge on any atom is 0.287 e. The van der Waals surface area contributed by atoms with Crippen LogP contribution in [0.2, 0.25) is 0 Å². The molecule has 30 heavy (non-hydrogen) atoms. The van der Waals surface area contributed by atoms with Crippen LogP contribution in [0.3, 0.4) is 0 Å². The first-order chi connectivity index (χ1) is 14.5. The number of amides is 3. The SMILES string of the molecule is Cc1cccc(Oc2ccc(NC(=O)CNC(=O)CNC(=O)c3ccco3)cc2)c1. The molecule has 0 aliphatic heterocycles. The van der Waals surface area contributed by atoms with Crippen molar-refractivity contribution in [3.8, 4) is 11.5 Å². The van der Waals surface area contributed by atoms with Crippen LogP contribution in [0.1, 0.15) is 16.1 Å². The lowest BCUT2D eigenvalue weighted by molar-refractivity contribution is -0.123. The van der Waals surface area contributed by atoms with E-state index in [1.807, 2.05) is 31.2 Å². The van der Waals surface area contributed by atoms with Crippen molar-refractivity contribution in [3.63, 3.8) is 0 Å². The number of benzene rings is 2. The quantitative estimate of drug-likeness (QED) is 0.532. The highest BCUT2D eigenvalue weighted by molar-refractivity contribution is 5.96. The molecule has 1 heterocycles. The van der Waals surface area contributed by atoms with Crippen molar-refractivity contribution in [1.29, 1.82) is 0 Å². The molecule has 0 bridgehead atoms. The Morgan fingerprint density at radius 2 is 1.63 bits per heavy atom. The standard InChI is InChI=1S/C22H21N3O5/c1-15-4-2-5-18(12-15)30-17-9-7-16(8-10-17)25-21(27)14-23-20(26)13-24-22(28)19-6-3-11-29-19/h2-12H,13-14H2,1H3,(H,23,26)(H,24,28)(H,25,27). The molecule has 0 spiro atoms. The minimum atomic E-state index is -0.507. The predicted octanol–water partition coefficient (Wildman–Crippen LogP) is 2.87. The normalized spacial score (nSPS) is 10.2. The van der Waals surface area contributed by atoms with E-state index in [9.17, 15) is 14.4 Å². The third-order valence-corrected chi connectivity index (χ3v) is 3.96. The summed E-state index contributed by atoms with van der Waals surface area (Å²) in [5.41, 5.74) is 1.66. The van der Waals surface area contributed by atoms with Gasteiger partial charge in [0.15, 0.2) is 5.76 Å². The van der Waals surface area contributed by atoms with Gasteiger partial charge in [0.2, 0.25) is 11.8 Å². The zero-order chi connectivity index (χ0) is 21.3. The van der Waals surface area contributed by atoms with Crippen LogP contribution in [-0.2, 0) is 9.59 Å². The van der Waals surface area contributed by atoms with Crippen LogP contribution in [0.25, 0.3) is 0 Å². The molecule has 154 valence electrons. The first-order valence-corrected chi connectivity index (χ1v) is 9.22. The fourth-order valence-corrected chi connectivity index (χ4v) is 2.52. The molecule has 3 aromatic rings. The summed E-state index contributed by atoms with van der Waals surface area (Å²) in [4.78, 5) is 35.4. The molecule has 0 saturated carbocycles. The van der Waals surface area contributed by atoms with Gasteiger partial charge in [-0.05, 0) is 61.0 Å². The number of carbonyl (C=O) groups is 3. The third-order valence-electron chi connectivity index (χ3n) is 3.96. The van der Waals surface area contributed by atoms with Gasteiger partial charge in [-0.2, -0.15) is 0 Å². The number of furan rings is 1. The molecule has 1 aromatic heterocycles. The monoisotopic (exact) mass is 407 g/mol. The van der Waals surface area contributed by atoms with Crippen molar-refractivity contribution < 1.29 is 23.5 Å². The van der Waals surface area contributed by atoms with E-state index in [1.165, 1.54) is 12.3 Å². The molecule has 8 heteroatoms.